The highest BCUT2D eigenvalue weighted by molar-refractivity contribution is 7.19. The molecule has 4 N–H and O–H groups in total. The van der Waals surface area contributed by atoms with Crippen molar-refractivity contribution in [1.82, 2.24) is 0 Å². The Labute approximate surface area is 179 Å². The second-order valence-corrected chi connectivity index (χ2v) is 9.52. The highest BCUT2D eigenvalue weighted by Crippen LogP contribution is 2.38. The van der Waals surface area contributed by atoms with Crippen molar-refractivity contribution in [1.29, 1.82) is 0 Å². The molecule has 2 aromatic carbocycles. The van der Waals surface area contributed by atoms with Gasteiger partial charge in [0.25, 0.3) is 0 Å². The minimum atomic E-state index is -1.36. The minimum Gasteiger partial charge on any atom is -0.394 e. The first kappa shape index (κ1) is 20.1. The second kappa shape index (κ2) is 8.04. The summed E-state index contributed by atoms with van der Waals surface area (Å²) in [6.07, 6.45) is -1.68. The molecule has 158 valence electrons. The quantitative estimate of drug-likeness (QED) is 0.515. The molecule has 1 aliphatic heterocycles. The lowest BCUT2D eigenvalue weighted by atomic mass is 9.88. The second-order valence-electron chi connectivity index (χ2n) is 8.35. The van der Waals surface area contributed by atoms with Crippen LogP contribution >= 0.6 is 11.3 Å². The highest BCUT2D eigenvalue weighted by Gasteiger charge is 2.44. The number of ether oxygens (including phenoxy) is 1. The van der Waals surface area contributed by atoms with Crippen molar-refractivity contribution in [2.75, 3.05) is 6.61 Å². The molecular weight excluding hydrogens is 400 g/mol. The van der Waals surface area contributed by atoms with Crippen LogP contribution in [0.1, 0.15) is 39.7 Å². The highest BCUT2D eigenvalue weighted by atomic mass is 32.1. The zero-order valence-corrected chi connectivity index (χ0v) is 17.4. The van der Waals surface area contributed by atoms with Crippen LogP contribution in [0.3, 0.4) is 0 Å². The summed E-state index contributed by atoms with van der Waals surface area (Å²) in [5.74, 6) is 0. The summed E-state index contributed by atoms with van der Waals surface area (Å²) in [5, 5.41) is 41.7. The number of benzene rings is 2. The number of aliphatic hydroxyl groups excluding tert-OH is 4. The molecule has 5 rings (SSSR count). The molecule has 5 atom stereocenters. The Morgan fingerprint density at radius 3 is 2.60 bits per heavy atom. The van der Waals surface area contributed by atoms with Crippen LogP contribution in [0.15, 0.2) is 42.5 Å². The first-order valence-corrected chi connectivity index (χ1v) is 11.3. The van der Waals surface area contributed by atoms with E-state index in [0.29, 0.717) is 0 Å². The summed E-state index contributed by atoms with van der Waals surface area (Å²) in [6.45, 7) is -0.416. The Morgan fingerprint density at radius 2 is 1.80 bits per heavy atom. The fourth-order valence-electron chi connectivity index (χ4n) is 4.84. The Morgan fingerprint density at radius 1 is 0.967 bits per heavy atom. The Kier molecular flexibility index (Phi) is 5.39. The van der Waals surface area contributed by atoms with Crippen LogP contribution in [0.25, 0.3) is 10.1 Å². The van der Waals surface area contributed by atoms with Gasteiger partial charge in [-0.05, 0) is 59.0 Å². The van der Waals surface area contributed by atoms with E-state index < -0.39 is 37.1 Å². The maximum Gasteiger partial charge on any atom is 0.113 e. The number of thiophene rings is 1. The molecule has 1 saturated heterocycles. The zero-order valence-electron chi connectivity index (χ0n) is 16.6. The minimum absolute atomic E-state index is 0.416. The lowest BCUT2D eigenvalue weighted by molar-refractivity contribution is -0.231. The van der Waals surface area contributed by atoms with E-state index in [1.54, 1.807) is 11.3 Å². The third-order valence-corrected chi connectivity index (χ3v) is 7.51. The molecule has 0 bridgehead atoms. The van der Waals surface area contributed by atoms with Crippen molar-refractivity contribution in [3.8, 4) is 0 Å². The summed E-state index contributed by atoms with van der Waals surface area (Å²) in [4.78, 5) is 1.29. The van der Waals surface area contributed by atoms with Gasteiger partial charge in [-0.1, -0.05) is 30.3 Å². The van der Waals surface area contributed by atoms with Gasteiger partial charge in [0.15, 0.2) is 0 Å². The van der Waals surface area contributed by atoms with Crippen LogP contribution in [0.2, 0.25) is 0 Å². The standard InChI is InChI=1S/C24H26O5S/c25-12-19-21(26)22(27)23(28)24(29-19)16-8-13-5-3-6-18(13)15(9-16)11-17-10-14-4-1-2-7-20(14)30-17/h1-2,4,7-10,19,21-28H,3,5-6,11-12H2/t19-,21-,22+,23-,24+/m1/s1. The van der Waals surface area contributed by atoms with Crippen molar-refractivity contribution < 1.29 is 25.2 Å². The van der Waals surface area contributed by atoms with Gasteiger partial charge >= 0.3 is 0 Å². The lowest BCUT2D eigenvalue weighted by Gasteiger charge is -2.40. The normalized spacial score (nSPS) is 28.7. The largest absolute Gasteiger partial charge is 0.394 e. The van der Waals surface area contributed by atoms with Crippen LogP contribution in [0, 0.1) is 0 Å². The molecular formula is C24H26O5S. The van der Waals surface area contributed by atoms with Gasteiger partial charge in [-0.15, -0.1) is 11.3 Å². The predicted octanol–water partition coefficient (Wildman–Crippen LogP) is 2.50. The van der Waals surface area contributed by atoms with Crippen LogP contribution in [-0.2, 0) is 24.0 Å². The van der Waals surface area contributed by atoms with Gasteiger partial charge in [0.2, 0.25) is 0 Å². The molecule has 2 aliphatic rings. The first-order chi connectivity index (χ1) is 14.5. The third-order valence-electron chi connectivity index (χ3n) is 6.39. The monoisotopic (exact) mass is 426 g/mol. The van der Waals surface area contributed by atoms with Gasteiger partial charge in [0.1, 0.15) is 30.5 Å². The molecule has 6 heteroatoms. The van der Waals surface area contributed by atoms with E-state index in [4.69, 9.17) is 4.74 Å². The molecule has 30 heavy (non-hydrogen) atoms. The summed E-state index contributed by atoms with van der Waals surface area (Å²) in [5.41, 5.74) is 4.66. The predicted molar refractivity (Wildman–Crippen MR) is 116 cm³/mol. The summed E-state index contributed by atoms with van der Waals surface area (Å²) < 4.78 is 7.09. The van der Waals surface area contributed by atoms with Crippen molar-refractivity contribution in [3.63, 3.8) is 0 Å². The van der Waals surface area contributed by atoms with E-state index in [-0.39, 0.29) is 0 Å². The van der Waals surface area contributed by atoms with Gasteiger partial charge in [0, 0.05) is 16.0 Å². The van der Waals surface area contributed by atoms with Crippen molar-refractivity contribution in [2.24, 2.45) is 0 Å². The fourth-order valence-corrected chi connectivity index (χ4v) is 5.92. The Bertz CT molecular complexity index is 1030. The van der Waals surface area contributed by atoms with Crippen LogP contribution in [0.4, 0.5) is 0 Å². The SMILES string of the molecule is OC[C@H]1O[C@@H](c2cc3c(c(Cc4cc5ccccc5s4)c2)CCC3)[C@H](O)[C@@H](O)[C@@H]1O. The van der Waals surface area contributed by atoms with Crippen molar-refractivity contribution >= 4 is 21.4 Å². The van der Waals surface area contributed by atoms with Gasteiger partial charge in [-0.25, -0.2) is 0 Å². The number of hydrogen-bond acceptors (Lipinski definition) is 6. The van der Waals surface area contributed by atoms with Gasteiger partial charge in [-0.3, -0.25) is 0 Å². The topological polar surface area (TPSA) is 90.2 Å². The van der Waals surface area contributed by atoms with E-state index >= 15 is 0 Å². The van der Waals surface area contributed by atoms with Crippen molar-refractivity contribution in [3.05, 3.63) is 69.6 Å². The lowest BCUT2D eigenvalue weighted by Crippen LogP contribution is -2.55. The van der Waals surface area contributed by atoms with Crippen LogP contribution < -0.4 is 0 Å². The smallest absolute Gasteiger partial charge is 0.113 e. The van der Waals surface area contributed by atoms with E-state index in [2.05, 4.69) is 42.5 Å². The summed E-state index contributed by atoms with van der Waals surface area (Å²) >= 11 is 1.80. The van der Waals surface area contributed by atoms with Gasteiger partial charge in [-0.2, -0.15) is 0 Å². The average molecular weight is 427 g/mol. The van der Waals surface area contributed by atoms with E-state index in [9.17, 15) is 20.4 Å². The van der Waals surface area contributed by atoms with Crippen LogP contribution in [-0.4, -0.2) is 51.4 Å². The zero-order chi connectivity index (χ0) is 20.8. The fraction of sp³-hybridized carbons (Fsp3) is 0.417. The molecule has 0 radical (unpaired) electrons. The van der Waals surface area contributed by atoms with Gasteiger partial charge < -0.3 is 25.2 Å². The summed E-state index contributed by atoms with van der Waals surface area (Å²) in [7, 11) is 0. The molecule has 0 spiro atoms. The molecule has 1 aliphatic carbocycles. The molecule has 1 aromatic heterocycles. The number of aryl methyl sites for hydroxylation is 1. The maximum absolute atomic E-state index is 10.6. The number of aliphatic hydroxyl groups is 4. The first-order valence-electron chi connectivity index (χ1n) is 10.5. The molecule has 0 saturated carbocycles. The molecule has 3 aromatic rings. The Balaban J connectivity index is 1.51. The molecule has 0 amide bonds. The van der Waals surface area contributed by atoms with E-state index in [1.807, 2.05) is 0 Å². The molecule has 1 fully saturated rings. The molecule has 5 nitrogen and oxygen atoms in total. The average Bonchev–Trinajstić information content (AvgIpc) is 3.38. The number of hydrogen-bond donors (Lipinski definition) is 4. The third kappa shape index (κ3) is 3.47. The van der Waals surface area contributed by atoms with Gasteiger partial charge in [0.05, 0.1) is 6.61 Å². The number of rotatable bonds is 4. The Hall–Kier alpha value is -1.80. The van der Waals surface area contributed by atoms with E-state index in [1.165, 1.54) is 31.7 Å². The van der Waals surface area contributed by atoms with Crippen molar-refractivity contribution in [2.45, 2.75) is 56.2 Å². The molecule has 2 heterocycles. The van der Waals surface area contributed by atoms with Crippen LogP contribution in [0.5, 0.6) is 0 Å². The summed E-state index contributed by atoms with van der Waals surface area (Å²) in [6, 6.07) is 14.7. The molecule has 0 unspecified atom stereocenters. The van der Waals surface area contributed by atoms with E-state index in [0.717, 1.165) is 31.2 Å². The maximum atomic E-state index is 10.6. The number of fused-ring (bicyclic) bond motifs is 2.